The highest BCUT2D eigenvalue weighted by Gasteiger charge is 2.74. The molecule has 8 rings (SSSR count). The third kappa shape index (κ3) is 4.29. The zero-order valence-corrected chi connectivity index (χ0v) is 30.9. The number of hydrogen-bond donors (Lipinski definition) is 0. The van der Waals surface area contributed by atoms with Gasteiger partial charge < -0.3 is 9.47 Å². The van der Waals surface area contributed by atoms with Gasteiger partial charge in [-0.15, -0.1) is 0 Å². The smallest absolute Gasteiger partial charge is 0.333 e. The predicted octanol–water partition coefficient (Wildman–Crippen LogP) is 9.58. The van der Waals surface area contributed by atoms with Gasteiger partial charge in [-0.25, -0.2) is 9.59 Å². The number of ether oxygens (including phenoxy) is 2. The van der Waals surface area contributed by atoms with Crippen LogP contribution in [-0.2, 0) is 23.9 Å². The minimum absolute atomic E-state index is 0.0372. The van der Waals surface area contributed by atoms with Gasteiger partial charge in [-0.1, -0.05) is 13.2 Å². The maximum Gasteiger partial charge on any atom is 0.333 e. The molecule has 8 fully saturated rings. The summed E-state index contributed by atoms with van der Waals surface area (Å²) >= 11 is 0. The minimum atomic E-state index is -0.585. The van der Waals surface area contributed by atoms with E-state index in [0.29, 0.717) is 52.4 Å². The molecule has 12 atom stereocenters. The van der Waals surface area contributed by atoms with Crippen LogP contribution in [0.1, 0.15) is 144 Å². The molecule has 0 aliphatic heterocycles. The Morgan fingerprint density at radius 2 is 0.917 bits per heavy atom. The zero-order chi connectivity index (χ0) is 34.2. The standard InChI is InChI=1S/C43H62O5/c1-25(2)36(45)47-38(5,6)42-15-11-29(23-42)19-33(42)40-13-9-27(21-40)17-31(40)35(44)32-18-28-10-14-41(32,22-28)34-20-30-12-16-43(34,24-30)39(7,8)48-37(46)26(3)4/h27-34H,1,3,9-24H2,2,4-8H3. The summed E-state index contributed by atoms with van der Waals surface area (Å²) < 4.78 is 12.7. The molecule has 0 N–H and O–H groups in total. The minimum Gasteiger partial charge on any atom is -0.456 e. The van der Waals surface area contributed by atoms with Crippen molar-refractivity contribution in [1.82, 2.24) is 0 Å². The summed E-state index contributed by atoms with van der Waals surface area (Å²) in [7, 11) is 0. The number of ketones is 1. The summed E-state index contributed by atoms with van der Waals surface area (Å²) in [5.41, 5.74) is -0.304. The molecule has 0 saturated heterocycles. The molecule has 0 spiro atoms. The van der Waals surface area contributed by atoms with Crippen LogP contribution >= 0.6 is 0 Å². The Bertz CT molecular complexity index is 1350. The van der Waals surface area contributed by atoms with Crippen LogP contribution < -0.4 is 0 Å². The van der Waals surface area contributed by atoms with Crippen LogP contribution in [0.5, 0.6) is 0 Å². The molecule has 5 nitrogen and oxygen atoms in total. The number of Topliss-reactive ketones (excluding diaryl/α,β-unsaturated/α-hetero) is 1. The van der Waals surface area contributed by atoms with Crippen molar-refractivity contribution < 1.29 is 23.9 Å². The Morgan fingerprint density at radius 3 is 1.25 bits per heavy atom. The van der Waals surface area contributed by atoms with E-state index in [-0.39, 0.29) is 45.4 Å². The van der Waals surface area contributed by atoms with Gasteiger partial charge in [-0.05, 0) is 191 Å². The highest BCUT2D eigenvalue weighted by molar-refractivity contribution is 5.88. The van der Waals surface area contributed by atoms with Crippen molar-refractivity contribution in [3.63, 3.8) is 0 Å². The largest absolute Gasteiger partial charge is 0.456 e. The summed E-state index contributed by atoms with van der Waals surface area (Å²) in [5, 5.41) is 0. The molecular formula is C43H62O5. The Labute approximate surface area is 289 Å². The molecule has 0 amide bonds. The lowest BCUT2D eigenvalue weighted by molar-refractivity contribution is -0.183. The number of esters is 2. The average molecular weight is 659 g/mol. The van der Waals surface area contributed by atoms with Crippen LogP contribution in [0.3, 0.4) is 0 Å². The van der Waals surface area contributed by atoms with Crippen molar-refractivity contribution in [2.45, 2.75) is 155 Å². The molecule has 8 aliphatic carbocycles. The molecule has 12 unspecified atom stereocenters. The average Bonchev–Trinajstić information content (AvgIpc) is 3.89. The van der Waals surface area contributed by atoms with E-state index in [4.69, 9.17) is 9.47 Å². The van der Waals surface area contributed by atoms with Gasteiger partial charge in [-0.3, -0.25) is 4.79 Å². The molecule has 0 aromatic carbocycles. The van der Waals surface area contributed by atoms with Gasteiger partial charge in [0.15, 0.2) is 0 Å². The Hall–Kier alpha value is -1.91. The second-order valence-corrected chi connectivity index (χ2v) is 20.1. The van der Waals surface area contributed by atoms with Crippen LogP contribution in [0.2, 0.25) is 0 Å². The van der Waals surface area contributed by atoms with Gasteiger partial charge >= 0.3 is 11.9 Å². The summed E-state index contributed by atoms with van der Waals surface area (Å²) in [6, 6.07) is 0. The Kier molecular flexibility index (Phi) is 7.32. The number of hydrogen-bond acceptors (Lipinski definition) is 5. The maximum absolute atomic E-state index is 15.6. The lowest BCUT2D eigenvalue weighted by Crippen LogP contribution is -2.57. The predicted molar refractivity (Wildman–Crippen MR) is 187 cm³/mol. The van der Waals surface area contributed by atoms with Crippen LogP contribution in [0.4, 0.5) is 0 Å². The first-order valence-electron chi connectivity index (χ1n) is 19.8. The van der Waals surface area contributed by atoms with E-state index in [1.165, 1.54) is 64.2 Å². The van der Waals surface area contributed by atoms with E-state index in [2.05, 4.69) is 40.9 Å². The van der Waals surface area contributed by atoms with Gasteiger partial charge in [0.25, 0.3) is 0 Å². The second kappa shape index (κ2) is 10.6. The van der Waals surface area contributed by atoms with Crippen molar-refractivity contribution in [1.29, 1.82) is 0 Å². The third-order valence-electron chi connectivity index (χ3n) is 17.5. The van der Waals surface area contributed by atoms with Crippen molar-refractivity contribution in [2.24, 2.45) is 69.0 Å². The second-order valence-electron chi connectivity index (χ2n) is 20.1. The number of rotatable bonds is 10. The SMILES string of the molecule is C=C(C)C(=O)OC(C)(C)C12CCC(CC1C13CCC(CC1C(=O)C1CC4CCC1(C1CC5CCC1(C(C)(C)OC(=O)C(=C)C)C5)C4)C3)C2. The zero-order valence-electron chi connectivity index (χ0n) is 30.9. The summed E-state index contributed by atoms with van der Waals surface area (Å²) in [6.45, 7) is 20.0. The van der Waals surface area contributed by atoms with Crippen LogP contribution in [0.25, 0.3) is 0 Å². The first-order valence-corrected chi connectivity index (χ1v) is 19.8. The van der Waals surface area contributed by atoms with Gasteiger partial charge in [0.2, 0.25) is 0 Å². The molecule has 8 bridgehead atoms. The number of fused-ring (bicyclic) bond motifs is 8. The van der Waals surface area contributed by atoms with E-state index in [9.17, 15) is 9.59 Å². The molecular weight excluding hydrogens is 596 g/mol. The van der Waals surface area contributed by atoms with Crippen molar-refractivity contribution >= 4 is 17.7 Å². The molecule has 264 valence electrons. The van der Waals surface area contributed by atoms with Gasteiger partial charge in [-0.2, -0.15) is 0 Å². The molecule has 5 heteroatoms. The topological polar surface area (TPSA) is 69.7 Å². The van der Waals surface area contributed by atoms with Crippen LogP contribution in [0, 0.1) is 69.0 Å². The highest BCUT2D eigenvalue weighted by atomic mass is 16.6. The van der Waals surface area contributed by atoms with E-state index >= 15 is 4.79 Å². The Balaban J connectivity index is 1.13. The fourth-order valence-electron chi connectivity index (χ4n) is 15.6. The van der Waals surface area contributed by atoms with E-state index in [1.807, 2.05) is 0 Å². The normalized spacial score (nSPS) is 46.8. The van der Waals surface area contributed by atoms with E-state index in [1.54, 1.807) is 13.8 Å². The molecule has 0 aromatic heterocycles. The fraction of sp³-hybridized carbons (Fsp3) is 0.837. The van der Waals surface area contributed by atoms with Crippen molar-refractivity contribution in [2.75, 3.05) is 0 Å². The first kappa shape index (κ1) is 33.2. The monoisotopic (exact) mass is 658 g/mol. The summed E-state index contributed by atoms with van der Waals surface area (Å²) in [4.78, 5) is 41.6. The fourth-order valence-corrected chi connectivity index (χ4v) is 15.6. The van der Waals surface area contributed by atoms with E-state index < -0.39 is 11.2 Å². The highest BCUT2D eigenvalue weighted by Crippen LogP contribution is 2.78. The number of carbonyl (C=O) groups excluding carboxylic acids is 3. The molecule has 0 radical (unpaired) electrons. The third-order valence-corrected chi connectivity index (χ3v) is 17.5. The van der Waals surface area contributed by atoms with Crippen molar-refractivity contribution in [3.8, 4) is 0 Å². The lowest BCUT2D eigenvalue weighted by atomic mass is 9.49. The van der Waals surface area contributed by atoms with E-state index in [0.717, 1.165) is 38.5 Å². The summed E-state index contributed by atoms with van der Waals surface area (Å²) in [6.07, 6.45) is 18.6. The van der Waals surface area contributed by atoms with Crippen LogP contribution in [-0.4, -0.2) is 28.9 Å². The molecule has 0 heterocycles. The van der Waals surface area contributed by atoms with Gasteiger partial charge in [0, 0.05) is 33.8 Å². The number of carbonyl (C=O) groups is 3. The molecule has 0 aromatic rings. The van der Waals surface area contributed by atoms with Gasteiger partial charge in [0.1, 0.15) is 17.0 Å². The van der Waals surface area contributed by atoms with Gasteiger partial charge in [0.05, 0.1) is 0 Å². The quantitative estimate of drug-likeness (QED) is 0.173. The lowest BCUT2D eigenvalue weighted by Gasteiger charge is -2.56. The Morgan fingerprint density at radius 1 is 0.562 bits per heavy atom. The molecule has 8 saturated carbocycles. The molecule has 48 heavy (non-hydrogen) atoms. The summed E-state index contributed by atoms with van der Waals surface area (Å²) in [5.74, 6) is 3.86. The first-order chi connectivity index (χ1) is 22.5. The maximum atomic E-state index is 15.6. The van der Waals surface area contributed by atoms with Crippen LogP contribution in [0.15, 0.2) is 24.3 Å². The van der Waals surface area contributed by atoms with Crippen molar-refractivity contribution in [3.05, 3.63) is 24.3 Å². The molecule has 8 aliphatic rings.